The number of benzene rings is 1. The van der Waals surface area contributed by atoms with Gasteiger partial charge in [-0.1, -0.05) is 17.7 Å². The highest BCUT2D eigenvalue weighted by Crippen LogP contribution is 2.20. The smallest absolute Gasteiger partial charge is 0.168 e. The van der Waals surface area contributed by atoms with Gasteiger partial charge in [-0.3, -0.25) is 4.79 Å². The van der Waals surface area contributed by atoms with Crippen molar-refractivity contribution in [2.75, 3.05) is 5.73 Å². The molecule has 1 aromatic heterocycles. The molecule has 92 valence electrons. The Balaban J connectivity index is 2.25. The second-order valence-corrected chi connectivity index (χ2v) is 4.18. The Kier molecular flexibility index (Phi) is 3.58. The van der Waals surface area contributed by atoms with Crippen LogP contribution in [-0.4, -0.2) is 10.8 Å². The molecule has 2 aromatic rings. The fourth-order valence-electron chi connectivity index (χ4n) is 1.58. The van der Waals surface area contributed by atoms with Crippen molar-refractivity contribution in [1.82, 2.24) is 4.98 Å². The summed E-state index contributed by atoms with van der Waals surface area (Å²) in [6.45, 7) is 0. The third-order valence-corrected chi connectivity index (χ3v) is 2.82. The van der Waals surface area contributed by atoms with Crippen LogP contribution in [0.3, 0.4) is 0 Å². The van der Waals surface area contributed by atoms with Gasteiger partial charge in [0.05, 0.1) is 5.02 Å². The van der Waals surface area contributed by atoms with Gasteiger partial charge in [-0.25, -0.2) is 9.37 Å². The van der Waals surface area contributed by atoms with E-state index in [1.165, 1.54) is 12.1 Å². The summed E-state index contributed by atoms with van der Waals surface area (Å²) in [5.41, 5.74) is 6.56. The molecule has 1 aromatic carbocycles. The van der Waals surface area contributed by atoms with Crippen molar-refractivity contribution < 1.29 is 9.18 Å². The number of nitrogens with zero attached hydrogens (tertiary/aromatic N) is 1. The van der Waals surface area contributed by atoms with Crippen molar-refractivity contribution in [1.29, 1.82) is 0 Å². The van der Waals surface area contributed by atoms with Crippen molar-refractivity contribution in [3.8, 4) is 0 Å². The van der Waals surface area contributed by atoms with Crippen LogP contribution in [0, 0.1) is 5.82 Å². The Morgan fingerprint density at radius 3 is 2.83 bits per heavy atom. The molecule has 0 spiro atoms. The number of halogens is 2. The van der Waals surface area contributed by atoms with E-state index < -0.39 is 5.82 Å². The Hall–Kier alpha value is -1.94. The number of anilines is 1. The van der Waals surface area contributed by atoms with Gasteiger partial charge in [-0.2, -0.15) is 0 Å². The molecular weight excluding hydrogens is 255 g/mol. The predicted molar refractivity (Wildman–Crippen MR) is 68.1 cm³/mol. The lowest BCUT2D eigenvalue weighted by molar-refractivity contribution is 0.0993. The molecule has 0 fully saturated rings. The lowest BCUT2D eigenvalue weighted by Gasteiger charge is -2.05. The summed E-state index contributed by atoms with van der Waals surface area (Å²) in [5.74, 6) is -0.388. The van der Waals surface area contributed by atoms with Crippen LogP contribution in [0.15, 0.2) is 36.5 Å². The van der Waals surface area contributed by atoms with Gasteiger partial charge in [-0.05, 0) is 24.3 Å². The number of Topliss-reactive ketones (excluding diaryl/α,β-unsaturated/α-hetero) is 1. The van der Waals surface area contributed by atoms with E-state index in [9.17, 15) is 9.18 Å². The average Bonchev–Trinajstić information content (AvgIpc) is 2.32. The first-order valence-corrected chi connectivity index (χ1v) is 5.63. The zero-order valence-corrected chi connectivity index (χ0v) is 10.1. The maximum atomic E-state index is 12.9. The third kappa shape index (κ3) is 2.65. The minimum atomic E-state index is -0.475. The summed E-state index contributed by atoms with van der Waals surface area (Å²) >= 11 is 5.82. The van der Waals surface area contributed by atoms with Gasteiger partial charge in [0.1, 0.15) is 11.6 Å². The Bertz CT molecular complexity index is 601. The number of hydrogen-bond acceptors (Lipinski definition) is 3. The number of aromatic nitrogens is 1. The fraction of sp³-hybridized carbons (Fsp3) is 0.0769. The first kappa shape index (κ1) is 12.5. The van der Waals surface area contributed by atoms with Crippen LogP contribution in [0.1, 0.15) is 15.9 Å². The summed E-state index contributed by atoms with van der Waals surface area (Å²) in [7, 11) is 0. The molecule has 0 saturated carbocycles. The molecule has 2 N–H and O–H groups in total. The van der Waals surface area contributed by atoms with E-state index in [1.807, 2.05) is 0 Å². The molecule has 0 atom stereocenters. The van der Waals surface area contributed by atoms with E-state index in [2.05, 4.69) is 4.98 Å². The lowest BCUT2D eigenvalue weighted by atomic mass is 10.0. The van der Waals surface area contributed by atoms with Gasteiger partial charge in [0, 0.05) is 23.7 Å². The van der Waals surface area contributed by atoms with Crippen molar-refractivity contribution in [2.45, 2.75) is 6.42 Å². The van der Waals surface area contributed by atoms with E-state index in [-0.39, 0.29) is 22.8 Å². The molecule has 0 aliphatic heterocycles. The predicted octanol–water partition coefficient (Wildman–Crippen LogP) is 2.88. The largest absolute Gasteiger partial charge is 0.383 e. The molecule has 0 unspecified atom stereocenters. The molecule has 0 radical (unpaired) electrons. The van der Waals surface area contributed by atoms with Gasteiger partial charge in [0.15, 0.2) is 5.78 Å². The molecule has 0 aliphatic carbocycles. The second-order valence-electron chi connectivity index (χ2n) is 3.77. The average molecular weight is 265 g/mol. The summed E-state index contributed by atoms with van der Waals surface area (Å²) < 4.78 is 12.9. The molecule has 5 heteroatoms. The Morgan fingerprint density at radius 1 is 1.39 bits per heavy atom. The van der Waals surface area contributed by atoms with Crippen LogP contribution < -0.4 is 5.73 Å². The standard InChI is InChI=1S/C13H10ClFN2O/c14-11-7-9(15)3-4-10(11)12(18)6-8-2-1-5-17-13(8)16/h1-5,7H,6H2,(H2,16,17). The first-order valence-electron chi connectivity index (χ1n) is 5.25. The fourth-order valence-corrected chi connectivity index (χ4v) is 1.86. The van der Waals surface area contributed by atoms with Crippen LogP contribution in [-0.2, 0) is 6.42 Å². The summed E-state index contributed by atoms with van der Waals surface area (Å²) in [4.78, 5) is 15.9. The van der Waals surface area contributed by atoms with E-state index in [1.54, 1.807) is 18.3 Å². The SMILES string of the molecule is Nc1ncccc1CC(=O)c1ccc(F)cc1Cl. The Labute approximate surface area is 108 Å². The van der Waals surface area contributed by atoms with Crippen molar-refractivity contribution in [2.24, 2.45) is 0 Å². The second kappa shape index (κ2) is 5.14. The topological polar surface area (TPSA) is 56.0 Å². The maximum Gasteiger partial charge on any atom is 0.168 e. The molecule has 0 amide bonds. The van der Waals surface area contributed by atoms with Crippen molar-refractivity contribution >= 4 is 23.2 Å². The van der Waals surface area contributed by atoms with E-state index in [0.717, 1.165) is 6.07 Å². The number of carbonyl (C=O) groups excluding carboxylic acids is 1. The summed E-state index contributed by atoms with van der Waals surface area (Å²) in [6, 6.07) is 7.10. The van der Waals surface area contributed by atoms with Crippen molar-refractivity contribution in [3.63, 3.8) is 0 Å². The quantitative estimate of drug-likeness (QED) is 0.868. The van der Waals surface area contributed by atoms with Crippen LogP contribution in [0.5, 0.6) is 0 Å². The molecule has 1 heterocycles. The van der Waals surface area contributed by atoms with Crippen LogP contribution in [0.4, 0.5) is 10.2 Å². The number of pyridine rings is 1. The van der Waals surface area contributed by atoms with E-state index in [0.29, 0.717) is 11.4 Å². The lowest BCUT2D eigenvalue weighted by Crippen LogP contribution is -2.07. The van der Waals surface area contributed by atoms with Gasteiger partial charge in [0.25, 0.3) is 0 Å². The van der Waals surface area contributed by atoms with Crippen LogP contribution in [0.25, 0.3) is 0 Å². The van der Waals surface area contributed by atoms with E-state index >= 15 is 0 Å². The van der Waals surface area contributed by atoms with Gasteiger partial charge < -0.3 is 5.73 Å². The normalized spacial score (nSPS) is 10.3. The van der Waals surface area contributed by atoms with Gasteiger partial charge >= 0.3 is 0 Å². The molecule has 2 rings (SSSR count). The molecular formula is C13H10ClFN2O. The molecule has 0 saturated heterocycles. The third-order valence-electron chi connectivity index (χ3n) is 2.51. The number of nitrogens with two attached hydrogens (primary N) is 1. The zero-order valence-electron chi connectivity index (χ0n) is 9.36. The molecule has 18 heavy (non-hydrogen) atoms. The summed E-state index contributed by atoms with van der Waals surface area (Å²) in [6.07, 6.45) is 1.64. The van der Waals surface area contributed by atoms with Gasteiger partial charge in [0.2, 0.25) is 0 Å². The molecule has 3 nitrogen and oxygen atoms in total. The van der Waals surface area contributed by atoms with Crippen LogP contribution in [0.2, 0.25) is 5.02 Å². The van der Waals surface area contributed by atoms with Gasteiger partial charge in [-0.15, -0.1) is 0 Å². The number of carbonyl (C=O) groups is 1. The van der Waals surface area contributed by atoms with Crippen LogP contribution >= 0.6 is 11.6 Å². The highest BCUT2D eigenvalue weighted by Gasteiger charge is 2.13. The minimum Gasteiger partial charge on any atom is -0.383 e. The molecule has 0 aliphatic rings. The van der Waals surface area contributed by atoms with Crippen molar-refractivity contribution in [3.05, 3.63) is 58.5 Å². The summed E-state index contributed by atoms with van der Waals surface area (Å²) in [5, 5.41) is 0.0995. The number of nitrogen functional groups attached to an aromatic ring is 1. The highest BCUT2D eigenvalue weighted by molar-refractivity contribution is 6.34. The monoisotopic (exact) mass is 264 g/mol. The highest BCUT2D eigenvalue weighted by atomic mass is 35.5. The minimum absolute atomic E-state index is 0.0883. The zero-order chi connectivity index (χ0) is 13.1. The number of hydrogen-bond donors (Lipinski definition) is 1. The van der Waals surface area contributed by atoms with E-state index in [4.69, 9.17) is 17.3 Å². The number of rotatable bonds is 3. The Morgan fingerprint density at radius 2 is 2.17 bits per heavy atom. The maximum absolute atomic E-state index is 12.9. The number of ketones is 1. The molecule has 0 bridgehead atoms. The first-order chi connectivity index (χ1) is 8.58.